The zero-order valence-electron chi connectivity index (χ0n) is 18.3. The Bertz CT molecular complexity index is 1270. The zero-order valence-corrected chi connectivity index (χ0v) is 18.3. The van der Waals surface area contributed by atoms with E-state index in [9.17, 15) is 18.4 Å². The number of piperazine rings is 1. The Labute approximate surface area is 188 Å². The van der Waals surface area contributed by atoms with Crippen LogP contribution in [0.5, 0.6) is 0 Å². The quantitative estimate of drug-likeness (QED) is 0.545. The normalized spacial score (nSPS) is 14.6. The van der Waals surface area contributed by atoms with E-state index in [0.717, 1.165) is 48.6 Å². The van der Waals surface area contributed by atoms with Gasteiger partial charge in [0.2, 0.25) is 5.43 Å². The van der Waals surface area contributed by atoms with Crippen molar-refractivity contribution >= 4 is 22.8 Å². The standard InChI is InChI=1S/C23H23F3N4O3/c1-3-28-7-9-29(10-8-28)22-18(26)12-15-20(31)16(23(32)33-4-2)13-30(21(15)27-22)19-6-5-14(24)11-17(19)25/h5-6,11-13H,3-4,7-10H2,1-2H3. The van der Waals surface area contributed by atoms with Gasteiger partial charge in [0.05, 0.1) is 17.7 Å². The average molecular weight is 460 g/mol. The summed E-state index contributed by atoms with van der Waals surface area (Å²) in [5, 5.41) is -0.210. The van der Waals surface area contributed by atoms with Crippen molar-refractivity contribution in [1.82, 2.24) is 14.5 Å². The molecule has 0 radical (unpaired) electrons. The lowest BCUT2D eigenvalue weighted by Crippen LogP contribution is -2.46. The number of carbonyl (C=O) groups is 1. The predicted octanol–water partition coefficient (Wildman–Crippen LogP) is 3.12. The lowest BCUT2D eigenvalue weighted by molar-refractivity contribution is 0.0524. The number of likely N-dealkylation sites (N-methyl/N-ethyl adjacent to an activating group) is 1. The lowest BCUT2D eigenvalue weighted by atomic mass is 10.1. The number of aromatic nitrogens is 2. The van der Waals surface area contributed by atoms with E-state index in [0.29, 0.717) is 19.2 Å². The second kappa shape index (κ2) is 9.22. The van der Waals surface area contributed by atoms with Crippen molar-refractivity contribution in [3.63, 3.8) is 0 Å². The Balaban J connectivity index is 1.95. The molecule has 2 aromatic heterocycles. The molecule has 0 atom stereocenters. The highest BCUT2D eigenvalue weighted by molar-refractivity contribution is 5.94. The lowest BCUT2D eigenvalue weighted by Gasteiger charge is -2.35. The maximum atomic E-state index is 15.1. The third-order valence-electron chi connectivity index (χ3n) is 5.70. The third kappa shape index (κ3) is 4.30. The molecule has 3 aromatic rings. The molecule has 0 N–H and O–H groups in total. The summed E-state index contributed by atoms with van der Waals surface area (Å²) in [6.45, 7) is 6.99. The van der Waals surface area contributed by atoms with E-state index >= 15 is 4.39 Å². The molecule has 4 rings (SSSR count). The van der Waals surface area contributed by atoms with Crippen LogP contribution in [0.4, 0.5) is 19.0 Å². The number of rotatable bonds is 5. The molecule has 33 heavy (non-hydrogen) atoms. The van der Waals surface area contributed by atoms with E-state index in [1.165, 1.54) is 0 Å². The molecule has 0 unspecified atom stereocenters. The van der Waals surface area contributed by atoms with Crippen LogP contribution in [0.2, 0.25) is 0 Å². The summed E-state index contributed by atoms with van der Waals surface area (Å²) >= 11 is 0. The van der Waals surface area contributed by atoms with E-state index in [1.54, 1.807) is 11.8 Å². The number of esters is 1. The fourth-order valence-electron chi connectivity index (χ4n) is 3.93. The highest BCUT2D eigenvalue weighted by atomic mass is 19.1. The van der Waals surface area contributed by atoms with Crippen LogP contribution in [0.3, 0.4) is 0 Å². The molecule has 1 saturated heterocycles. The molecule has 1 aromatic carbocycles. The predicted molar refractivity (Wildman–Crippen MR) is 117 cm³/mol. The van der Waals surface area contributed by atoms with Crippen molar-refractivity contribution in [2.24, 2.45) is 0 Å². The van der Waals surface area contributed by atoms with Crippen LogP contribution in [-0.2, 0) is 4.74 Å². The van der Waals surface area contributed by atoms with E-state index < -0.39 is 34.4 Å². The number of carbonyl (C=O) groups excluding carboxylic acids is 1. The molecular weight excluding hydrogens is 437 g/mol. The molecule has 0 bridgehead atoms. The maximum Gasteiger partial charge on any atom is 0.343 e. The minimum absolute atomic E-state index is 0.0104. The number of pyridine rings is 2. The Morgan fingerprint density at radius 3 is 2.42 bits per heavy atom. The first-order chi connectivity index (χ1) is 15.8. The number of benzene rings is 1. The molecule has 0 spiro atoms. The molecule has 0 amide bonds. The smallest absolute Gasteiger partial charge is 0.343 e. The number of hydrogen-bond acceptors (Lipinski definition) is 6. The highest BCUT2D eigenvalue weighted by Crippen LogP contribution is 2.26. The van der Waals surface area contributed by atoms with Gasteiger partial charge in [0.25, 0.3) is 0 Å². The van der Waals surface area contributed by atoms with Crippen molar-refractivity contribution < 1.29 is 22.7 Å². The highest BCUT2D eigenvalue weighted by Gasteiger charge is 2.25. The maximum absolute atomic E-state index is 15.1. The summed E-state index contributed by atoms with van der Waals surface area (Å²) in [5.41, 5.74) is -1.38. The fourth-order valence-corrected chi connectivity index (χ4v) is 3.93. The average Bonchev–Trinajstić information content (AvgIpc) is 2.80. The fraction of sp³-hybridized carbons (Fsp3) is 0.348. The number of hydrogen-bond donors (Lipinski definition) is 0. The molecule has 174 valence electrons. The van der Waals surface area contributed by atoms with Gasteiger partial charge in [-0.05, 0) is 31.7 Å². The van der Waals surface area contributed by atoms with E-state index in [2.05, 4.69) is 9.88 Å². The van der Waals surface area contributed by atoms with Crippen molar-refractivity contribution in [2.75, 3.05) is 44.2 Å². The first kappa shape index (κ1) is 22.8. The van der Waals surface area contributed by atoms with Gasteiger partial charge < -0.3 is 14.5 Å². The molecule has 0 aliphatic carbocycles. The van der Waals surface area contributed by atoms with Crippen molar-refractivity contribution in [3.05, 3.63) is 63.7 Å². The van der Waals surface area contributed by atoms with Crippen LogP contribution < -0.4 is 10.3 Å². The van der Waals surface area contributed by atoms with Crippen molar-refractivity contribution in [2.45, 2.75) is 13.8 Å². The van der Waals surface area contributed by atoms with Gasteiger partial charge >= 0.3 is 5.97 Å². The summed E-state index contributed by atoms with van der Waals surface area (Å²) < 4.78 is 49.4. The molecular formula is C23H23F3N4O3. The Kier molecular flexibility index (Phi) is 6.37. The van der Waals surface area contributed by atoms with Crippen LogP contribution in [-0.4, -0.2) is 59.8 Å². The number of halogens is 3. The molecule has 7 nitrogen and oxygen atoms in total. The summed E-state index contributed by atoms with van der Waals surface area (Å²) in [4.78, 5) is 33.7. The van der Waals surface area contributed by atoms with E-state index in [4.69, 9.17) is 4.74 Å². The molecule has 0 saturated carbocycles. The third-order valence-corrected chi connectivity index (χ3v) is 5.70. The van der Waals surface area contributed by atoms with Gasteiger partial charge in [-0.15, -0.1) is 0 Å². The second-order valence-corrected chi connectivity index (χ2v) is 7.64. The molecule has 1 aliphatic rings. The van der Waals surface area contributed by atoms with Crippen LogP contribution in [0.25, 0.3) is 16.7 Å². The minimum atomic E-state index is -0.931. The van der Waals surface area contributed by atoms with Crippen LogP contribution in [0.1, 0.15) is 24.2 Å². The Morgan fingerprint density at radius 2 is 1.79 bits per heavy atom. The van der Waals surface area contributed by atoms with Crippen LogP contribution in [0, 0.1) is 17.5 Å². The molecule has 3 heterocycles. The first-order valence-electron chi connectivity index (χ1n) is 10.7. The first-order valence-corrected chi connectivity index (χ1v) is 10.7. The monoisotopic (exact) mass is 460 g/mol. The van der Waals surface area contributed by atoms with Gasteiger partial charge in [-0.25, -0.2) is 22.9 Å². The molecule has 1 fully saturated rings. The summed E-state index contributed by atoms with van der Waals surface area (Å²) in [6.07, 6.45) is 1.10. The SMILES string of the molecule is CCOC(=O)c1cn(-c2ccc(F)cc2F)c2nc(N3CCN(CC)CC3)c(F)cc2c1=O. The van der Waals surface area contributed by atoms with Crippen molar-refractivity contribution in [3.8, 4) is 5.69 Å². The molecule has 1 aliphatic heterocycles. The van der Waals surface area contributed by atoms with E-state index in [1.807, 2.05) is 6.92 Å². The minimum Gasteiger partial charge on any atom is -0.462 e. The number of fused-ring (bicyclic) bond motifs is 1. The second-order valence-electron chi connectivity index (χ2n) is 7.64. The van der Waals surface area contributed by atoms with Gasteiger partial charge in [0, 0.05) is 38.4 Å². The Morgan fingerprint density at radius 1 is 1.06 bits per heavy atom. The summed E-state index contributed by atoms with van der Waals surface area (Å²) in [6, 6.07) is 3.89. The van der Waals surface area contributed by atoms with Gasteiger partial charge in [-0.3, -0.25) is 9.36 Å². The topological polar surface area (TPSA) is 67.7 Å². The van der Waals surface area contributed by atoms with Crippen LogP contribution in [0.15, 0.2) is 35.3 Å². The van der Waals surface area contributed by atoms with Gasteiger partial charge in [0.15, 0.2) is 17.3 Å². The van der Waals surface area contributed by atoms with Crippen LogP contribution >= 0.6 is 0 Å². The molecule has 10 heteroatoms. The number of nitrogens with zero attached hydrogens (tertiary/aromatic N) is 4. The summed E-state index contributed by atoms with van der Waals surface area (Å²) in [7, 11) is 0. The van der Waals surface area contributed by atoms with Gasteiger partial charge in [-0.2, -0.15) is 0 Å². The number of ether oxygens (including phenoxy) is 1. The van der Waals surface area contributed by atoms with Gasteiger partial charge in [-0.1, -0.05) is 6.92 Å². The van der Waals surface area contributed by atoms with Crippen molar-refractivity contribution in [1.29, 1.82) is 0 Å². The zero-order chi connectivity index (χ0) is 23.7. The summed E-state index contributed by atoms with van der Waals surface area (Å²) in [5.74, 6) is -3.35. The number of anilines is 1. The van der Waals surface area contributed by atoms with Gasteiger partial charge in [0.1, 0.15) is 17.2 Å². The van der Waals surface area contributed by atoms with E-state index in [-0.39, 0.29) is 29.1 Å². The Hall–Kier alpha value is -3.40. The largest absolute Gasteiger partial charge is 0.462 e.